The zero-order chi connectivity index (χ0) is 12.8. The van der Waals surface area contributed by atoms with Crippen LogP contribution >= 0.6 is 15.9 Å². The molecule has 0 saturated heterocycles. The summed E-state index contributed by atoms with van der Waals surface area (Å²) in [6, 6.07) is 6.28. The average Bonchev–Trinajstić information content (AvgIpc) is 2.22. The molecular weight excluding hydrogens is 280 g/mol. The van der Waals surface area contributed by atoms with Crippen molar-refractivity contribution in [2.75, 3.05) is 11.9 Å². The van der Waals surface area contributed by atoms with Crippen molar-refractivity contribution < 1.29 is 4.79 Å². The minimum Gasteiger partial charge on any atom is -0.384 e. The molecule has 2 N–H and O–H groups in total. The van der Waals surface area contributed by atoms with Gasteiger partial charge in [0.2, 0.25) is 5.91 Å². The van der Waals surface area contributed by atoms with Crippen LogP contribution in [-0.4, -0.2) is 18.5 Å². The SMILES string of the molecule is Cc1ccc(Br)cc1NCCC(=O)NC(C)C. The van der Waals surface area contributed by atoms with Crippen LogP contribution in [0.15, 0.2) is 22.7 Å². The molecule has 0 aliphatic carbocycles. The van der Waals surface area contributed by atoms with Gasteiger partial charge in [0.1, 0.15) is 0 Å². The van der Waals surface area contributed by atoms with Gasteiger partial charge in [-0.05, 0) is 38.5 Å². The Hall–Kier alpha value is -1.03. The molecule has 0 aliphatic rings. The Bertz CT molecular complexity index is 391. The molecule has 0 bridgehead atoms. The number of halogens is 1. The van der Waals surface area contributed by atoms with Crippen LogP contribution in [0.2, 0.25) is 0 Å². The normalized spacial score (nSPS) is 10.4. The van der Waals surface area contributed by atoms with Gasteiger partial charge in [0.15, 0.2) is 0 Å². The van der Waals surface area contributed by atoms with Crippen molar-refractivity contribution in [3.63, 3.8) is 0 Å². The third kappa shape index (κ3) is 5.22. The first-order valence-corrected chi connectivity index (χ1v) is 6.57. The molecule has 0 unspecified atom stereocenters. The van der Waals surface area contributed by atoms with Crippen molar-refractivity contribution in [1.29, 1.82) is 0 Å². The highest BCUT2D eigenvalue weighted by Gasteiger charge is 2.03. The molecule has 1 aromatic rings. The van der Waals surface area contributed by atoms with Gasteiger partial charge in [0.05, 0.1) is 0 Å². The second kappa shape index (κ2) is 6.64. The van der Waals surface area contributed by atoms with Crippen LogP contribution in [0, 0.1) is 6.92 Å². The summed E-state index contributed by atoms with van der Waals surface area (Å²) in [5.74, 6) is 0.0835. The number of carbonyl (C=O) groups excluding carboxylic acids is 1. The maximum Gasteiger partial charge on any atom is 0.221 e. The van der Waals surface area contributed by atoms with Gasteiger partial charge in [-0.3, -0.25) is 4.79 Å². The number of anilines is 1. The summed E-state index contributed by atoms with van der Waals surface area (Å²) in [7, 11) is 0. The van der Waals surface area contributed by atoms with E-state index in [2.05, 4.69) is 26.6 Å². The molecule has 0 spiro atoms. The van der Waals surface area contributed by atoms with Crippen LogP contribution < -0.4 is 10.6 Å². The fraction of sp³-hybridized carbons (Fsp3) is 0.462. The molecule has 17 heavy (non-hydrogen) atoms. The van der Waals surface area contributed by atoms with Crippen LogP contribution in [0.5, 0.6) is 0 Å². The summed E-state index contributed by atoms with van der Waals surface area (Å²) in [5, 5.41) is 6.13. The second-order valence-corrected chi connectivity index (χ2v) is 5.27. The van der Waals surface area contributed by atoms with Crippen molar-refractivity contribution in [2.45, 2.75) is 33.2 Å². The van der Waals surface area contributed by atoms with E-state index in [0.29, 0.717) is 13.0 Å². The molecule has 3 nitrogen and oxygen atoms in total. The number of amides is 1. The number of rotatable bonds is 5. The lowest BCUT2D eigenvalue weighted by atomic mass is 10.2. The van der Waals surface area contributed by atoms with Crippen molar-refractivity contribution in [1.82, 2.24) is 5.32 Å². The van der Waals surface area contributed by atoms with E-state index in [1.54, 1.807) is 0 Å². The van der Waals surface area contributed by atoms with Gasteiger partial charge >= 0.3 is 0 Å². The van der Waals surface area contributed by atoms with E-state index in [1.807, 2.05) is 39.0 Å². The number of carbonyl (C=O) groups is 1. The fourth-order valence-electron chi connectivity index (χ4n) is 1.49. The van der Waals surface area contributed by atoms with Gasteiger partial charge in [-0.25, -0.2) is 0 Å². The van der Waals surface area contributed by atoms with Crippen molar-refractivity contribution >= 4 is 27.5 Å². The van der Waals surface area contributed by atoms with E-state index >= 15 is 0 Å². The maximum atomic E-state index is 11.4. The van der Waals surface area contributed by atoms with Gasteiger partial charge in [0.25, 0.3) is 0 Å². The monoisotopic (exact) mass is 298 g/mol. The molecule has 0 fully saturated rings. The molecule has 1 amide bonds. The first kappa shape index (κ1) is 14.0. The smallest absolute Gasteiger partial charge is 0.221 e. The Balaban J connectivity index is 2.40. The Kier molecular flexibility index (Phi) is 5.48. The predicted molar refractivity (Wildman–Crippen MR) is 75.3 cm³/mol. The molecule has 1 aromatic carbocycles. The molecule has 94 valence electrons. The topological polar surface area (TPSA) is 41.1 Å². The maximum absolute atomic E-state index is 11.4. The number of aryl methyl sites for hydroxylation is 1. The van der Waals surface area contributed by atoms with Crippen LogP contribution in [-0.2, 0) is 4.79 Å². The van der Waals surface area contributed by atoms with E-state index in [-0.39, 0.29) is 11.9 Å². The summed E-state index contributed by atoms with van der Waals surface area (Å²) in [4.78, 5) is 11.4. The first-order valence-electron chi connectivity index (χ1n) is 5.78. The molecule has 0 radical (unpaired) electrons. The fourth-order valence-corrected chi connectivity index (χ4v) is 1.85. The summed E-state index contributed by atoms with van der Waals surface area (Å²) >= 11 is 3.43. The third-order valence-electron chi connectivity index (χ3n) is 2.32. The van der Waals surface area contributed by atoms with E-state index < -0.39 is 0 Å². The van der Waals surface area contributed by atoms with Gasteiger partial charge in [-0.15, -0.1) is 0 Å². The Morgan fingerprint density at radius 2 is 2.12 bits per heavy atom. The third-order valence-corrected chi connectivity index (χ3v) is 2.81. The van der Waals surface area contributed by atoms with Crippen LogP contribution in [0.3, 0.4) is 0 Å². The quantitative estimate of drug-likeness (QED) is 0.877. The minimum atomic E-state index is 0.0835. The van der Waals surface area contributed by atoms with Crippen molar-refractivity contribution in [3.8, 4) is 0 Å². The van der Waals surface area contributed by atoms with Crippen LogP contribution in [0.1, 0.15) is 25.8 Å². The number of benzene rings is 1. The van der Waals surface area contributed by atoms with E-state index in [1.165, 1.54) is 5.56 Å². The molecule has 0 atom stereocenters. The second-order valence-electron chi connectivity index (χ2n) is 4.36. The Morgan fingerprint density at radius 1 is 1.41 bits per heavy atom. The summed E-state index contributed by atoms with van der Waals surface area (Å²) < 4.78 is 1.04. The molecule has 0 aromatic heterocycles. The highest BCUT2D eigenvalue weighted by molar-refractivity contribution is 9.10. The molecule has 1 rings (SSSR count). The number of hydrogen-bond acceptors (Lipinski definition) is 2. The molecule has 0 saturated carbocycles. The molecule has 0 heterocycles. The van der Waals surface area contributed by atoms with E-state index in [4.69, 9.17) is 0 Å². The Labute approximate surface area is 111 Å². The van der Waals surface area contributed by atoms with Crippen molar-refractivity contribution in [2.24, 2.45) is 0 Å². The zero-order valence-electron chi connectivity index (χ0n) is 10.5. The van der Waals surface area contributed by atoms with E-state index in [0.717, 1.165) is 10.2 Å². The van der Waals surface area contributed by atoms with Gasteiger partial charge in [-0.1, -0.05) is 22.0 Å². The lowest BCUT2D eigenvalue weighted by Gasteiger charge is -2.11. The zero-order valence-corrected chi connectivity index (χ0v) is 12.1. The number of nitrogens with one attached hydrogen (secondary N) is 2. The summed E-state index contributed by atoms with van der Waals surface area (Å²) in [6.45, 7) is 6.62. The molecule has 0 aliphatic heterocycles. The van der Waals surface area contributed by atoms with Gasteiger partial charge < -0.3 is 10.6 Å². The summed E-state index contributed by atoms with van der Waals surface area (Å²) in [6.07, 6.45) is 0.490. The highest BCUT2D eigenvalue weighted by Crippen LogP contribution is 2.20. The van der Waals surface area contributed by atoms with E-state index in [9.17, 15) is 4.79 Å². The van der Waals surface area contributed by atoms with Gasteiger partial charge in [-0.2, -0.15) is 0 Å². The van der Waals surface area contributed by atoms with Gasteiger partial charge in [0, 0.05) is 29.2 Å². The predicted octanol–water partition coefficient (Wildman–Crippen LogP) is 3.08. The average molecular weight is 299 g/mol. The lowest BCUT2D eigenvalue weighted by Crippen LogP contribution is -2.31. The van der Waals surface area contributed by atoms with Crippen molar-refractivity contribution in [3.05, 3.63) is 28.2 Å². The Morgan fingerprint density at radius 3 is 2.76 bits per heavy atom. The lowest BCUT2D eigenvalue weighted by molar-refractivity contribution is -0.121. The van der Waals surface area contributed by atoms with Crippen LogP contribution in [0.25, 0.3) is 0 Å². The summed E-state index contributed by atoms with van der Waals surface area (Å²) in [5.41, 5.74) is 2.24. The largest absolute Gasteiger partial charge is 0.384 e. The van der Waals surface area contributed by atoms with Crippen LogP contribution in [0.4, 0.5) is 5.69 Å². The highest BCUT2D eigenvalue weighted by atomic mass is 79.9. The molecular formula is C13H19BrN2O. The molecule has 4 heteroatoms. The first-order chi connectivity index (χ1) is 7.99. The minimum absolute atomic E-state index is 0.0835. The standard InChI is InChI=1S/C13H19BrN2O/c1-9(2)16-13(17)6-7-15-12-8-11(14)5-4-10(12)3/h4-5,8-9,15H,6-7H2,1-3H3,(H,16,17). The number of hydrogen-bond donors (Lipinski definition) is 2.